The minimum Gasteiger partial charge on any atom is -0.353 e. The molecule has 3 N–H and O–H groups in total. The normalized spacial score (nSPS) is 18.1. The lowest BCUT2D eigenvalue weighted by atomic mass is 9.98. The molecule has 1 aliphatic heterocycles. The maximum Gasteiger partial charge on any atom is 0.240 e. The molecule has 0 bridgehead atoms. The lowest BCUT2D eigenvalue weighted by molar-refractivity contribution is -0.135. The van der Waals surface area contributed by atoms with Crippen LogP contribution in [0.3, 0.4) is 0 Å². The highest BCUT2D eigenvalue weighted by Gasteiger charge is 2.37. The first-order chi connectivity index (χ1) is 9.54. The Kier molecular flexibility index (Phi) is 4.43. The number of amides is 1. The number of benzene rings is 1. The van der Waals surface area contributed by atoms with Gasteiger partial charge in [-0.3, -0.25) is 9.69 Å². The monoisotopic (exact) mass is 271 g/mol. The highest BCUT2D eigenvalue weighted by atomic mass is 16.2. The third-order valence-corrected chi connectivity index (χ3v) is 3.68. The quantitative estimate of drug-likeness (QED) is 0.779. The van der Waals surface area contributed by atoms with Gasteiger partial charge in [0.2, 0.25) is 5.91 Å². The van der Waals surface area contributed by atoms with Crippen molar-refractivity contribution in [1.29, 1.82) is 0 Å². The molecule has 1 aromatic rings. The molecule has 0 radical (unpaired) electrons. The SMILES string of the molecule is CC1(C)C(=O)NCCN1Cc1ccc(C#CCN)cc1. The van der Waals surface area contributed by atoms with Gasteiger partial charge in [0.1, 0.15) is 0 Å². The van der Waals surface area contributed by atoms with Crippen molar-refractivity contribution in [3.63, 3.8) is 0 Å². The van der Waals surface area contributed by atoms with E-state index in [-0.39, 0.29) is 5.91 Å². The maximum absolute atomic E-state index is 11.9. The molecule has 0 saturated carbocycles. The van der Waals surface area contributed by atoms with Crippen LogP contribution in [0.5, 0.6) is 0 Å². The molecule has 1 aliphatic rings. The van der Waals surface area contributed by atoms with Gasteiger partial charge in [0, 0.05) is 25.2 Å². The van der Waals surface area contributed by atoms with E-state index in [4.69, 9.17) is 5.73 Å². The van der Waals surface area contributed by atoms with E-state index in [0.29, 0.717) is 13.1 Å². The van der Waals surface area contributed by atoms with Crippen LogP contribution in [0.15, 0.2) is 24.3 Å². The molecule has 1 fully saturated rings. The average Bonchev–Trinajstić information content (AvgIpc) is 2.43. The summed E-state index contributed by atoms with van der Waals surface area (Å²) in [6.45, 7) is 6.64. The third-order valence-electron chi connectivity index (χ3n) is 3.68. The summed E-state index contributed by atoms with van der Waals surface area (Å²) < 4.78 is 0. The number of nitrogens with two attached hydrogens (primary N) is 1. The second-order valence-electron chi connectivity index (χ2n) is 5.44. The van der Waals surface area contributed by atoms with Gasteiger partial charge in [-0.1, -0.05) is 24.0 Å². The van der Waals surface area contributed by atoms with Crippen LogP contribution in [0, 0.1) is 11.8 Å². The second kappa shape index (κ2) is 6.08. The standard InChI is InChI=1S/C16H21N3O/c1-16(2)15(20)18-10-11-19(16)12-14-7-5-13(6-8-14)4-3-9-17/h5-8H,9-12,17H2,1-2H3,(H,18,20). The van der Waals surface area contributed by atoms with Crippen molar-refractivity contribution in [3.8, 4) is 11.8 Å². The second-order valence-corrected chi connectivity index (χ2v) is 5.44. The number of carbonyl (C=O) groups is 1. The lowest BCUT2D eigenvalue weighted by Crippen LogP contribution is -2.61. The van der Waals surface area contributed by atoms with E-state index in [1.165, 1.54) is 5.56 Å². The predicted octanol–water partition coefficient (Wildman–Crippen LogP) is 0.707. The van der Waals surface area contributed by atoms with Crippen LogP contribution < -0.4 is 11.1 Å². The molecule has 0 unspecified atom stereocenters. The largest absolute Gasteiger partial charge is 0.353 e. The van der Waals surface area contributed by atoms with Crippen LogP contribution in [0.4, 0.5) is 0 Å². The zero-order valence-electron chi connectivity index (χ0n) is 12.1. The zero-order valence-corrected chi connectivity index (χ0v) is 12.1. The number of piperazine rings is 1. The highest BCUT2D eigenvalue weighted by molar-refractivity contribution is 5.86. The fourth-order valence-corrected chi connectivity index (χ4v) is 2.29. The molecule has 1 heterocycles. The summed E-state index contributed by atoms with van der Waals surface area (Å²) in [6, 6.07) is 8.11. The molecule has 20 heavy (non-hydrogen) atoms. The van der Waals surface area contributed by atoms with E-state index in [1.807, 2.05) is 26.0 Å². The summed E-state index contributed by atoms with van der Waals surface area (Å²) >= 11 is 0. The Morgan fingerprint density at radius 1 is 1.35 bits per heavy atom. The first-order valence-corrected chi connectivity index (χ1v) is 6.85. The van der Waals surface area contributed by atoms with E-state index in [0.717, 1.165) is 18.7 Å². The lowest BCUT2D eigenvalue weighted by Gasteiger charge is -2.41. The van der Waals surface area contributed by atoms with E-state index in [9.17, 15) is 4.79 Å². The Hall–Kier alpha value is -1.83. The van der Waals surface area contributed by atoms with Gasteiger partial charge in [0.05, 0.1) is 12.1 Å². The first-order valence-electron chi connectivity index (χ1n) is 6.85. The maximum atomic E-state index is 11.9. The van der Waals surface area contributed by atoms with Gasteiger partial charge in [-0.15, -0.1) is 0 Å². The van der Waals surface area contributed by atoms with Gasteiger partial charge in [-0.05, 0) is 31.5 Å². The highest BCUT2D eigenvalue weighted by Crippen LogP contribution is 2.20. The number of nitrogens with zero attached hydrogens (tertiary/aromatic N) is 1. The van der Waals surface area contributed by atoms with Crippen molar-refractivity contribution in [3.05, 3.63) is 35.4 Å². The Morgan fingerprint density at radius 2 is 2.05 bits per heavy atom. The fraction of sp³-hybridized carbons (Fsp3) is 0.438. The summed E-state index contributed by atoms with van der Waals surface area (Å²) in [5.41, 5.74) is 7.05. The van der Waals surface area contributed by atoms with Gasteiger partial charge in [-0.25, -0.2) is 0 Å². The van der Waals surface area contributed by atoms with E-state index in [2.05, 4.69) is 34.2 Å². The average molecular weight is 271 g/mol. The third kappa shape index (κ3) is 3.19. The molecule has 1 aromatic carbocycles. The van der Waals surface area contributed by atoms with Crippen LogP contribution >= 0.6 is 0 Å². The molecule has 2 rings (SSSR count). The smallest absolute Gasteiger partial charge is 0.240 e. The van der Waals surface area contributed by atoms with Crippen molar-refractivity contribution < 1.29 is 4.79 Å². The van der Waals surface area contributed by atoms with Gasteiger partial charge < -0.3 is 11.1 Å². The van der Waals surface area contributed by atoms with E-state index in [1.54, 1.807) is 0 Å². The van der Waals surface area contributed by atoms with Crippen LogP contribution in [-0.4, -0.2) is 36.0 Å². The fourth-order valence-electron chi connectivity index (χ4n) is 2.29. The minimum absolute atomic E-state index is 0.0918. The number of hydrogen-bond acceptors (Lipinski definition) is 3. The summed E-state index contributed by atoms with van der Waals surface area (Å²) in [7, 11) is 0. The topological polar surface area (TPSA) is 58.4 Å². The zero-order chi connectivity index (χ0) is 14.6. The van der Waals surface area contributed by atoms with Crippen LogP contribution in [0.2, 0.25) is 0 Å². The molecule has 1 amide bonds. The number of nitrogens with one attached hydrogen (secondary N) is 1. The Labute approximate surface area is 120 Å². The summed E-state index contributed by atoms with van der Waals surface area (Å²) in [5.74, 6) is 5.94. The molecule has 4 heteroatoms. The Morgan fingerprint density at radius 3 is 2.70 bits per heavy atom. The molecule has 106 valence electrons. The van der Waals surface area contributed by atoms with Crippen LogP contribution in [0.1, 0.15) is 25.0 Å². The van der Waals surface area contributed by atoms with Crippen molar-refractivity contribution in [2.45, 2.75) is 25.9 Å². The van der Waals surface area contributed by atoms with Gasteiger partial charge in [0.15, 0.2) is 0 Å². The van der Waals surface area contributed by atoms with Crippen molar-refractivity contribution in [2.75, 3.05) is 19.6 Å². The molecular formula is C16H21N3O. The molecular weight excluding hydrogens is 250 g/mol. The van der Waals surface area contributed by atoms with E-state index >= 15 is 0 Å². The minimum atomic E-state index is -0.462. The molecule has 4 nitrogen and oxygen atoms in total. The molecule has 0 atom stereocenters. The van der Waals surface area contributed by atoms with Gasteiger partial charge >= 0.3 is 0 Å². The van der Waals surface area contributed by atoms with Gasteiger partial charge in [-0.2, -0.15) is 0 Å². The van der Waals surface area contributed by atoms with Crippen molar-refractivity contribution in [2.24, 2.45) is 5.73 Å². The Balaban J connectivity index is 2.08. The summed E-state index contributed by atoms with van der Waals surface area (Å²) in [5, 5.41) is 2.91. The molecule has 0 aromatic heterocycles. The molecule has 0 spiro atoms. The molecule has 1 saturated heterocycles. The number of rotatable bonds is 2. The number of carbonyl (C=O) groups excluding carboxylic acids is 1. The van der Waals surface area contributed by atoms with Gasteiger partial charge in [0.25, 0.3) is 0 Å². The summed E-state index contributed by atoms with van der Waals surface area (Å²) in [4.78, 5) is 14.1. The predicted molar refractivity (Wildman–Crippen MR) is 79.9 cm³/mol. The van der Waals surface area contributed by atoms with Crippen molar-refractivity contribution >= 4 is 5.91 Å². The van der Waals surface area contributed by atoms with Crippen molar-refractivity contribution in [1.82, 2.24) is 10.2 Å². The summed E-state index contributed by atoms with van der Waals surface area (Å²) in [6.07, 6.45) is 0. The van der Waals surface area contributed by atoms with E-state index < -0.39 is 5.54 Å². The molecule has 0 aliphatic carbocycles. The van der Waals surface area contributed by atoms with Crippen LogP contribution in [-0.2, 0) is 11.3 Å². The Bertz CT molecular complexity index is 537. The first kappa shape index (κ1) is 14.6. The van der Waals surface area contributed by atoms with Crippen LogP contribution in [0.25, 0.3) is 0 Å². The number of hydrogen-bond donors (Lipinski definition) is 2.